The monoisotopic (exact) mass is 247 g/mol. The third kappa shape index (κ3) is 6.61. The van der Waals surface area contributed by atoms with Crippen LogP contribution in [-0.4, -0.2) is 18.0 Å². The molecule has 0 N–H and O–H groups in total. The van der Waals surface area contributed by atoms with Gasteiger partial charge in [-0.15, -0.1) is 13.2 Å². The highest BCUT2D eigenvalue weighted by Gasteiger charge is 2.15. The molecule has 0 aliphatic carbocycles. The molecule has 0 radical (unpaired) electrons. The Hall–Kier alpha value is -1.08. The van der Waals surface area contributed by atoms with E-state index in [-0.39, 0.29) is 0 Å². The first-order chi connectivity index (χ1) is 8.84. The van der Waals surface area contributed by atoms with E-state index in [2.05, 4.69) is 55.3 Å². The SMILES string of the molecule is C=C.CC.C[C@@H]1CCCN(Cc2ccccc2)C1. The standard InChI is InChI=1S/C13H19N.C2H6.C2H4/c1-12-6-5-9-14(10-12)11-13-7-3-2-4-8-13;2*1-2/h2-4,7-8,12H,5-6,9-11H2,1H3;1-2H3;1-2H2/t12-;;/m1../s1. The summed E-state index contributed by atoms with van der Waals surface area (Å²) < 4.78 is 0. The molecule has 1 saturated heterocycles. The van der Waals surface area contributed by atoms with E-state index in [1.807, 2.05) is 13.8 Å². The Kier molecular flexibility index (Phi) is 10.4. The van der Waals surface area contributed by atoms with E-state index >= 15 is 0 Å². The van der Waals surface area contributed by atoms with Crippen molar-refractivity contribution in [1.82, 2.24) is 4.90 Å². The van der Waals surface area contributed by atoms with Crippen molar-refractivity contribution in [3.05, 3.63) is 49.1 Å². The number of nitrogens with zero attached hydrogens (tertiary/aromatic N) is 1. The second-order valence-electron chi connectivity index (χ2n) is 4.47. The van der Waals surface area contributed by atoms with Crippen LogP contribution >= 0.6 is 0 Å². The lowest BCUT2D eigenvalue weighted by atomic mass is 10.00. The molecule has 1 nitrogen and oxygen atoms in total. The highest BCUT2D eigenvalue weighted by Crippen LogP contribution is 2.17. The van der Waals surface area contributed by atoms with Crippen LogP contribution in [-0.2, 0) is 6.54 Å². The zero-order chi connectivity index (χ0) is 13.8. The molecule has 0 unspecified atom stereocenters. The first-order valence-corrected chi connectivity index (χ1v) is 7.11. The van der Waals surface area contributed by atoms with Crippen LogP contribution in [0.5, 0.6) is 0 Å². The van der Waals surface area contributed by atoms with Crippen molar-refractivity contribution in [2.75, 3.05) is 13.1 Å². The van der Waals surface area contributed by atoms with Crippen LogP contribution in [0.25, 0.3) is 0 Å². The average Bonchev–Trinajstić information content (AvgIpc) is 2.44. The van der Waals surface area contributed by atoms with E-state index in [4.69, 9.17) is 0 Å². The smallest absolute Gasteiger partial charge is 0.0233 e. The fourth-order valence-corrected chi connectivity index (χ4v) is 2.27. The maximum atomic E-state index is 3.00. The highest BCUT2D eigenvalue weighted by molar-refractivity contribution is 5.14. The minimum absolute atomic E-state index is 0.882. The summed E-state index contributed by atoms with van der Waals surface area (Å²) >= 11 is 0. The number of hydrogen-bond acceptors (Lipinski definition) is 1. The molecule has 1 heterocycles. The van der Waals surface area contributed by atoms with Gasteiger partial charge in [0.05, 0.1) is 0 Å². The average molecular weight is 247 g/mol. The Balaban J connectivity index is 0.000000659. The van der Waals surface area contributed by atoms with Gasteiger partial charge in [0, 0.05) is 13.1 Å². The van der Waals surface area contributed by atoms with Crippen LogP contribution in [0.1, 0.15) is 39.2 Å². The van der Waals surface area contributed by atoms with E-state index in [1.54, 1.807) is 0 Å². The predicted molar refractivity (Wildman–Crippen MR) is 82.7 cm³/mol. The summed E-state index contributed by atoms with van der Waals surface area (Å²) in [4.78, 5) is 2.57. The molecule has 0 spiro atoms. The Bertz CT molecular complexity index is 281. The fourth-order valence-electron chi connectivity index (χ4n) is 2.27. The lowest BCUT2D eigenvalue weighted by Gasteiger charge is -2.30. The predicted octanol–water partition coefficient (Wildman–Crippen LogP) is 4.75. The van der Waals surface area contributed by atoms with Gasteiger partial charge in [0.2, 0.25) is 0 Å². The van der Waals surface area contributed by atoms with E-state index < -0.39 is 0 Å². The first-order valence-electron chi connectivity index (χ1n) is 7.11. The molecule has 1 fully saturated rings. The molecule has 2 rings (SSSR count). The lowest BCUT2D eigenvalue weighted by Crippen LogP contribution is -2.33. The molecule has 1 aliphatic heterocycles. The molecule has 18 heavy (non-hydrogen) atoms. The molecular formula is C17H29N. The molecule has 0 saturated carbocycles. The number of hydrogen-bond donors (Lipinski definition) is 0. The number of likely N-dealkylation sites (tertiary alicyclic amines) is 1. The van der Waals surface area contributed by atoms with Crippen molar-refractivity contribution < 1.29 is 0 Å². The van der Waals surface area contributed by atoms with Crippen LogP contribution in [0.2, 0.25) is 0 Å². The Labute approximate surface area is 114 Å². The molecule has 1 aromatic rings. The van der Waals surface area contributed by atoms with Gasteiger partial charge in [-0.3, -0.25) is 4.90 Å². The third-order valence-electron chi connectivity index (χ3n) is 2.99. The van der Waals surface area contributed by atoms with Gasteiger partial charge in [-0.25, -0.2) is 0 Å². The first kappa shape index (κ1) is 16.9. The van der Waals surface area contributed by atoms with Gasteiger partial charge < -0.3 is 0 Å². The van der Waals surface area contributed by atoms with Crippen molar-refractivity contribution >= 4 is 0 Å². The summed E-state index contributed by atoms with van der Waals surface area (Å²) in [6.45, 7) is 16.0. The van der Waals surface area contributed by atoms with Gasteiger partial charge in [-0.1, -0.05) is 51.1 Å². The van der Waals surface area contributed by atoms with E-state index in [0.29, 0.717) is 0 Å². The third-order valence-corrected chi connectivity index (χ3v) is 2.99. The fraction of sp³-hybridized carbons (Fsp3) is 0.529. The van der Waals surface area contributed by atoms with Crippen LogP contribution in [0, 0.1) is 5.92 Å². The molecule has 102 valence electrons. The Morgan fingerprint density at radius 1 is 1.17 bits per heavy atom. The molecule has 0 aromatic heterocycles. The van der Waals surface area contributed by atoms with Gasteiger partial charge in [0.25, 0.3) is 0 Å². The van der Waals surface area contributed by atoms with Crippen molar-refractivity contribution in [2.24, 2.45) is 5.92 Å². The summed E-state index contributed by atoms with van der Waals surface area (Å²) in [7, 11) is 0. The minimum Gasteiger partial charge on any atom is -0.299 e. The molecule has 0 bridgehead atoms. The van der Waals surface area contributed by atoms with Gasteiger partial charge in [0.15, 0.2) is 0 Å². The molecule has 1 aromatic carbocycles. The van der Waals surface area contributed by atoms with E-state index in [0.717, 1.165) is 12.5 Å². The summed E-state index contributed by atoms with van der Waals surface area (Å²) in [5, 5.41) is 0. The van der Waals surface area contributed by atoms with E-state index in [9.17, 15) is 0 Å². The maximum absolute atomic E-state index is 3.00. The van der Waals surface area contributed by atoms with Crippen molar-refractivity contribution in [3.63, 3.8) is 0 Å². The van der Waals surface area contributed by atoms with Crippen molar-refractivity contribution in [3.8, 4) is 0 Å². The number of piperidine rings is 1. The molecule has 0 amide bonds. The minimum atomic E-state index is 0.882. The maximum Gasteiger partial charge on any atom is 0.0233 e. The topological polar surface area (TPSA) is 3.24 Å². The van der Waals surface area contributed by atoms with Gasteiger partial charge in [-0.2, -0.15) is 0 Å². The molecule has 1 aliphatic rings. The normalized spacial score (nSPS) is 18.9. The van der Waals surface area contributed by atoms with E-state index in [1.165, 1.54) is 31.5 Å². The number of benzene rings is 1. The Morgan fingerprint density at radius 2 is 1.78 bits per heavy atom. The second-order valence-corrected chi connectivity index (χ2v) is 4.47. The lowest BCUT2D eigenvalue weighted by molar-refractivity contribution is 0.176. The zero-order valence-corrected chi connectivity index (χ0v) is 12.4. The number of rotatable bonds is 2. The van der Waals surface area contributed by atoms with Crippen LogP contribution in [0.3, 0.4) is 0 Å². The molecular weight excluding hydrogens is 218 g/mol. The quantitative estimate of drug-likeness (QED) is 0.682. The van der Waals surface area contributed by atoms with Gasteiger partial charge in [0.1, 0.15) is 0 Å². The zero-order valence-electron chi connectivity index (χ0n) is 12.4. The summed E-state index contributed by atoms with van der Waals surface area (Å²) in [5.74, 6) is 0.882. The van der Waals surface area contributed by atoms with Gasteiger partial charge >= 0.3 is 0 Å². The van der Waals surface area contributed by atoms with Crippen molar-refractivity contribution in [2.45, 2.75) is 40.2 Å². The van der Waals surface area contributed by atoms with Crippen molar-refractivity contribution in [1.29, 1.82) is 0 Å². The highest BCUT2D eigenvalue weighted by atomic mass is 15.1. The summed E-state index contributed by atoms with van der Waals surface area (Å²) in [6, 6.07) is 10.8. The Morgan fingerprint density at radius 3 is 2.33 bits per heavy atom. The van der Waals surface area contributed by atoms with Crippen LogP contribution < -0.4 is 0 Å². The summed E-state index contributed by atoms with van der Waals surface area (Å²) in [6.07, 6.45) is 2.78. The van der Waals surface area contributed by atoms with Crippen LogP contribution in [0.4, 0.5) is 0 Å². The van der Waals surface area contributed by atoms with Crippen LogP contribution in [0.15, 0.2) is 43.5 Å². The largest absolute Gasteiger partial charge is 0.299 e. The summed E-state index contributed by atoms with van der Waals surface area (Å²) in [5.41, 5.74) is 1.45. The molecule has 1 atom stereocenters. The second kappa shape index (κ2) is 11.0. The molecule has 1 heteroatoms. The van der Waals surface area contributed by atoms with Gasteiger partial charge in [-0.05, 0) is 30.9 Å².